The Labute approximate surface area is 169 Å². The van der Waals surface area contributed by atoms with Crippen molar-refractivity contribution in [2.75, 3.05) is 23.3 Å². The van der Waals surface area contributed by atoms with Crippen LogP contribution in [0.25, 0.3) is 11.0 Å². The maximum absolute atomic E-state index is 9.95. The van der Waals surface area contributed by atoms with Gasteiger partial charge in [-0.25, -0.2) is 15.0 Å². The van der Waals surface area contributed by atoms with E-state index in [0.717, 1.165) is 24.1 Å². The molecule has 0 amide bonds. The number of rotatable bonds is 5. The average Bonchev–Trinajstić information content (AvgIpc) is 3.08. The molecule has 2 unspecified atom stereocenters. The second-order valence-corrected chi connectivity index (χ2v) is 7.85. The molecule has 0 saturated carbocycles. The van der Waals surface area contributed by atoms with Crippen molar-refractivity contribution in [3.05, 3.63) is 30.4 Å². The van der Waals surface area contributed by atoms with Gasteiger partial charge in [0.1, 0.15) is 29.6 Å². The maximum atomic E-state index is 9.95. The van der Waals surface area contributed by atoms with Gasteiger partial charge >= 0.3 is 0 Å². The van der Waals surface area contributed by atoms with Crippen LogP contribution in [0, 0.1) is 5.92 Å². The molecule has 0 radical (unpaired) electrons. The van der Waals surface area contributed by atoms with Crippen molar-refractivity contribution < 1.29 is 10.2 Å². The van der Waals surface area contributed by atoms with Gasteiger partial charge in [-0.1, -0.05) is 6.92 Å². The van der Waals surface area contributed by atoms with Gasteiger partial charge in [0.15, 0.2) is 0 Å². The molecule has 9 nitrogen and oxygen atoms in total. The molecule has 4 rings (SSSR count). The first-order valence-corrected chi connectivity index (χ1v) is 9.97. The Kier molecular flexibility index (Phi) is 5.33. The van der Waals surface area contributed by atoms with Gasteiger partial charge in [-0.15, -0.1) is 0 Å². The van der Waals surface area contributed by atoms with Crippen LogP contribution in [-0.4, -0.2) is 53.9 Å². The van der Waals surface area contributed by atoms with Gasteiger partial charge in [0.2, 0.25) is 5.95 Å². The fourth-order valence-electron chi connectivity index (χ4n) is 3.82. The minimum atomic E-state index is -0.266. The number of nitrogens with one attached hydrogen (secondary N) is 1. The molecule has 2 atom stereocenters. The molecule has 0 aromatic carbocycles. The zero-order valence-electron chi connectivity index (χ0n) is 16.9. The van der Waals surface area contributed by atoms with Crippen molar-refractivity contribution in [2.45, 2.75) is 45.9 Å². The zero-order chi connectivity index (χ0) is 20.5. The van der Waals surface area contributed by atoms with Gasteiger partial charge in [-0.2, -0.15) is 4.98 Å². The van der Waals surface area contributed by atoms with Crippen LogP contribution in [-0.2, 0) is 6.61 Å². The summed E-state index contributed by atoms with van der Waals surface area (Å²) in [7, 11) is 0. The number of anilines is 3. The summed E-state index contributed by atoms with van der Waals surface area (Å²) in [6.07, 6.45) is 3.87. The van der Waals surface area contributed by atoms with Crippen molar-refractivity contribution in [1.29, 1.82) is 0 Å². The molecule has 1 aliphatic rings. The molecule has 9 heteroatoms. The average molecular weight is 397 g/mol. The quantitative estimate of drug-likeness (QED) is 0.601. The Bertz CT molecular complexity index is 1000. The molecular formula is C20H27N7O2. The molecule has 154 valence electrons. The fraction of sp³-hybridized carbons (Fsp3) is 0.500. The molecule has 0 aliphatic carbocycles. The molecule has 3 aromatic rings. The van der Waals surface area contributed by atoms with Gasteiger partial charge in [0.05, 0.1) is 17.8 Å². The van der Waals surface area contributed by atoms with Crippen molar-refractivity contribution in [3.63, 3.8) is 0 Å². The van der Waals surface area contributed by atoms with E-state index in [2.05, 4.69) is 44.0 Å². The van der Waals surface area contributed by atoms with Gasteiger partial charge in [-0.05, 0) is 32.3 Å². The molecule has 1 saturated heterocycles. The molecule has 3 N–H and O–H groups in total. The van der Waals surface area contributed by atoms with E-state index in [1.807, 2.05) is 17.6 Å². The van der Waals surface area contributed by atoms with E-state index >= 15 is 0 Å². The molecule has 1 aliphatic heterocycles. The van der Waals surface area contributed by atoms with E-state index < -0.39 is 0 Å². The van der Waals surface area contributed by atoms with Crippen molar-refractivity contribution in [3.8, 4) is 0 Å². The predicted octanol–water partition coefficient (Wildman–Crippen LogP) is 2.25. The molecule has 4 heterocycles. The maximum Gasteiger partial charge on any atom is 0.227 e. The van der Waals surface area contributed by atoms with Crippen molar-refractivity contribution in [2.24, 2.45) is 5.92 Å². The van der Waals surface area contributed by atoms with E-state index in [1.54, 1.807) is 18.5 Å². The SMILES string of the molecule is CC1CN(c2nccc(Nc3cc4c(cn3)nc(CO)n4C(C)C)n2)CCC1O. The Balaban J connectivity index is 1.59. The first kappa shape index (κ1) is 19.5. The van der Waals surface area contributed by atoms with E-state index in [9.17, 15) is 10.2 Å². The Morgan fingerprint density at radius 2 is 2.07 bits per heavy atom. The van der Waals surface area contributed by atoms with E-state index in [0.29, 0.717) is 29.8 Å². The third-order valence-electron chi connectivity index (χ3n) is 5.35. The molecule has 29 heavy (non-hydrogen) atoms. The van der Waals surface area contributed by atoms with Crippen LogP contribution in [0.5, 0.6) is 0 Å². The van der Waals surface area contributed by atoms with E-state index in [1.165, 1.54) is 0 Å². The lowest BCUT2D eigenvalue weighted by atomic mass is 9.97. The number of nitrogens with zero attached hydrogens (tertiary/aromatic N) is 6. The number of pyridine rings is 1. The van der Waals surface area contributed by atoms with E-state index in [-0.39, 0.29) is 24.7 Å². The molecule has 0 bridgehead atoms. The summed E-state index contributed by atoms with van der Waals surface area (Å²) in [5, 5.41) is 22.8. The lowest BCUT2D eigenvalue weighted by molar-refractivity contribution is 0.0966. The lowest BCUT2D eigenvalue weighted by Gasteiger charge is -2.34. The number of aliphatic hydroxyl groups excluding tert-OH is 2. The molecule has 0 spiro atoms. The van der Waals surface area contributed by atoms with Crippen LogP contribution in [0.2, 0.25) is 0 Å². The molecule has 3 aromatic heterocycles. The first-order valence-electron chi connectivity index (χ1n) is 9.97. The zero-order valence-corrected chi connectivity index (χ0v) is 16.9. The van der Waals surface area contributed by atoms with Gasteiger partial charge in [0.25, 0.3) is 0 Å². The second-order valence-electron chi connectivity index (χ2n) is 7.85. The van der Waals surface area contributed by atoms with Crippen LogP contribution < -0.4 is 10.2 Å². The smallest absolute Gasteiger partial charge is 0.227 e. The number of aromatic nitrogens is 5. The number of piperidine rings is 1. The van der Waals surface area contributed by atoms with Gasteiger partial charge in [0, 0.05) is 31.4 Å². The van der Waals surface area contributed by atoms with Crippen LogP contribution in [0.3, 0.4) is 0 Å². The highest BCUT2D eigenvalue weighted by molar-refractivity contribution is 5.79. The minimum absolute atomic E-state index is 0.117. The largest absolute Gasteiger partial charge is 0.393 e. The van der Waals surface area contributed by atoms with Crippen molar-refractivity contribution in [1.82, 2.24) is 24.5 Å². The van der Waals surface area contributed by atoms with Crippen LogP contribution in [0.1, 0.15) is 39.1 Å². The summed E-state index contributed by atoms with van der Waals surface area (Å²) in [5.74, 6) is 2.75. The Morgan fingerprint density at radius 1 is 1.24 bits per heavy atom. The summed E-state index contributed by atoms with van der Waals surface area (Å²) in [4.78, 5) is 20.0. The monoisotopic (exact) mass is 397 g/mol. The van der Waals surface area contributed by atoms with Gasteiger partial charge < -0.3 is 25.0 Å². The van der Waals surface area contributed by atoms with E-state index in [4.69, 9.17) is 0 Å². The Morgan fingerprint density at radius 3 is 2.79 bits per heavy atom. The lowest BCUT2D eigenvalue weighted by Crippen LogP contribution is -2.42. The number of fused-ring (bicyclic) bond motifs is 1. The minimum Gasteiger partial charge on any atom is -0.393 e. The normalized spacial score (nSPS) is 19.9. The highest BCUT2D eigenvalue weighted by atomic mass is 16.3. The third kappa shape index (κ3) is 3.88. The predicted molar refractivity (Wildman–Crippen MR) is 111 cm³/mol. The highest BCUT2D eigenvalue weighted by Crippen LogP contribution is 2.25. The summed E-state index contributed by atoms with van der Waals surface area (Å²) < 4.78 is 2.01. The number of hydrogen-bond donors (Lipinski definition) is 3. The second kappa shape index (κ2) is 7.92. The standard InChI is InChI=1S/C20H27N7O2/c1-12(2)27-15-8-18(22-9-14(15)23-19(27)11-28)24-17-4-6-21-20(25-17)26-7-5-16(29)13(3)10-26/h4,6,8-9,12-13,16,28-29H,5,7,10-11H2,1-3H3,(H,21,22,24,25). The number of hydrogen-bond acceptors (Lipinski definition) is 8. The highest BCUT2D eigenvalue weighted by Gasteiger charge is 2.25. The van der Waals surface area contributed by atoms with Crippen LogP contribution >= 0.6 is 0 Å². The van der Waals surface area contributed by atoms with Gasteiger partial charge in [-0.3, -0.25) is 0 Å². The number of imidazole rings is 1. The fourth-order valence-corrected chi connectivity index (χ4v) is 3.82. The Hall–Kier alpha value is -2.78. The number of aliphatic hydroxyl groups is 2. The molecular weight excluding hydrogens is 370 g/mol. The summed E-state index contributed by atoms with van der Waals surface area (Å²) in [6.45, 7) is 7.50. The third-order valence-corrected chi connectivity index (χ3v) is 5.35. The topological polar surface area (TPSA) is 112 Å². The summed E-state index contributed by atoms with van der Waals surface area (Å²) >= 11 is 0. The summed E-state index contributed by atoms with van der Waals surface area (Å²) in [5.41, 5.74) is 1.66. The van der Waals surface area contributed by atoms with Crippen LogP contribution in [0.15, 0.2) is 24.5 Å². The first-order chi connectivity index (χ1) is 14.0. The molecule has 1 fully saturated rings. The van der Waals surface area contributed by atoms with Crippen molar-refractivity contribution >= 4 is 28.6 Å². The summed E-state index contributed by atoms with van der Waals surface area (Å²) in [6, 6.07) is 3.89. The van der Waals surface area contributed by atoms with Crippen LogP contribution in [0.4, 0.5) is 17.6 Å².